The molecule has 9 heteroatoms. The number of esters is 2. The average molecular weight is 400 g/mol. The highest BCUT2D eigenvalue weighted by molar-refractivity contribution is 5.98. The summed E-state index contributed by atoms with van der Waals surface area (Å²) in [6.45, 7) is -0.930. The summed E-state index contributed by atoms with van der Waals surface area (Å²) in [5.41, 5.74) is 1.03. The molecule has 0 aromatic heterocycles. The smallest absolute Gasteiger partial charge is 0.337 e. The fourth-order valence-electron chi connectivity index (χ4n) is 2.28. The number of hydrogen-bond donors (Lipinski definition) is 2. The second-order valence-corrected chi connectivity index (χ2v) is 5.66. The minimum atomic E-state index is -0.774. The zero-order valence-electron chi connectivity index (χ0n) is 15.9. The van der Waals surface area contributed by atoms with Gasteiger partial charge in [0.1, 0.15) is 12.3 Å². The number of anilines is 1. The van der Waals surface area contributed by atoms with Crippen molar-refractivity contribution in [3.63, 3.8) is 0 Å². The standard InChI is InChI=1S/C20H20N2O7/c1-27-16-6-4-3-5-15(16)19(25)21-11-18(24)29-12-17(23)22-14-9-7-13(8-10-14)20(26)28-2/h3-10H,11-12H2,1-2H3,(H,21,25)(H,22,23). The summed E-state index contributed by atoms with van der Waals surface area (Å²) < 4.78 is 14.5. The molecule has 0 bridgehead atoms. The predicted molar refractivity (Wildman–Crippen MR) is 103 cm³/mol. The Morgan fingerprint density at radius 2 is 1.62 bits per heavy atom. The van der Waals surface area contributed by atoms with Crippen LogP contribution in [0.2, 0.25) is 0 Å². The van der Waals surface area contributed by atoms with Crippen LogP contribution >= 0.6 is 0 Å². The lowest BCUT2D eigenvalue weighted by atomic mass is 10.2. The summed E-state index contributed by atoms with van der Waals surface area (Å²) in [5.74, 6) is -1.97. The van der Waals surface area contributed by atoms with E-state index in [1.807, 2.05) is 0 Å². The van der Waals surface area contributed by atoms with Crippen molar-refractivity contribution in [2.45, 2.75) is 0 Å². The number of nitrogens with one attached hydrogen (secondary N) is 2. The Hall–Kier alpha value is -3.88. The number of carbonyl (C=O) groups is 4. The third kappa shape index (κ3) is 6.35. The molecule has 0 spiro atoms. The van der Waals surface area contributed by atoms with Gasteiger partial charge in [-0.05, 0) is 36.4 Å². The van der Waals surface area contributed by atoms with Crippen LogP contribution in [-0.2, 0) is 19.1 Å². The number of amides is 2. The van der Waals surface area contributed by atoms with E-state index >= 15 is 0 Å². The summed E-state index contributed by atoms with van der Waals surface area (Å²) in [4.78, 5) is 47.0. The number of methoxy groups -OCH3 is 2. The minimum absolute atomic E-state index is 0.274. The first-order valence-electron chi connectivity index (χ1n) is 8.49. The molecule has 0 heterocycles. The van der Waals surface area contributed by atoms with Crippen LogP contribution in [0.3, 0.4) is 0 Å². The molecule has 2 aromatic rings. The van der Waals surface area contributed by atoms with Crippen LogP contribution in [0, 0.1) is 0 Å². The number of para-hydroxylation sites is 1. The van der Waals surface area contributed by atoms with Gasteiger partial charge in [-0.2, -0.15) is 0 Å². The molecule has 0 saturated heterocycles. The molecule has 2 N–H and O–H groups in total. The lowest BCUT2D eigenvalue weighted by Gasteiger charge is -2.09. The molecule has 9 nitrogen and oxygen atoms in total. The van der Waals surface area contributed by atoms with E-state index in [4.69, 9.17) is 9.47 Å². The molecule has 0 aliphatic carbocycles. The predicted octanol–water partition coefficient (Wildman–Crippen LogP) is 1.39. The van der Waals surface area contributed by atoms with Gasteiger partial charge in [0.2, 0.25) is 0 Å². The maximum atomic E-state index is 12.1. The van der Waals surface area contributed by atoms with E-state index in [1.54, 1.807) is 24.3 Å². The highest BCUT2D eigenvalue weighted by Crippen LogP contribution is 2.16. The Bertz CT molecular complexity index is 894. The van der Waals surface area contributed by atoms with Gasteiger partial charge in [0.25, 0.3) is 11.8 Å². The fourth-order valence-corrected chi connectivity index (χ4v) is 2.28. The summed E-state index contributed by atoms with van der Waals surface area (Å²) in [6, 6.07) is 12.6. The van der Waals surface area contributed by atoms with Gasteiger partial charge < -0.3 is 24.8 Å². The second kappa shape index (κ2) is 10.5. The van der Waals surface area contributed by atoms with Gasteiger partial charge in [-0.25, -0.2) is 4.79 Å². The van der Waals surface area contributed by atoms with Crippen molar-refractivity contribution in [2.75, 3.05) is 32.7 Å². The van der Waals surface area contributed by atoms with Crippen LogP contribution in [0.15, 0.2) is 48.5 Å². The second-order valence-electron chi connectivity index (χ2n) is 5.66. The quantitative estimate of drug-likeness (QED) is 0.643. The molecule has 0 aliphatic rings. The summed E-state index contributed by atoms with van der Waals surface area (Å²) in [6.07, 6.45) is 0. The van der Waals surface area contributed by atoms with Crippen LogP contribution in [0.1, 0.15) is 20.7 Å². The van der Waals surface area contributed by atoms with Crippen LogP contribution in [0.25, 0.3) is 0 Å². The van der Waals surface area contributed by atoms with Crippen molar-refractivity contribution in [1.82, 2.24) is 5.32 Å². The van der Waals surface area contributed by atoms with Crippen LogP contribution in [0.4, 0.5) is 5.69 Å². The minimum Gasteiger partial charge on any atom is -0.496 e. The maximum Gasteiger partial charge on any atom is 0.337 e. The Balaban J connectivity index is 1.76. The van der Waals surface area contributed by atoms with E-state index in [9.17, 15) is 19.2 Å². The lowest BCUT2D eigenvalue weighted by Crippen LogP contribution is -2.32. The fraction of sp³-hybridized carbons (Fsp3) is 0.200. The average Bonchev–Trinajstić information content (AvgIpc) is 2.75. The van der Waals surface area contributed by atoms with Crippen LogP contribution in [0.5, 0.6) is 5.75 Å². The maximum absolute atomic E-state index is 12.1. The Morgan fingerprint density at radius 1 is 0.931 bits per heavy atom. The summed E-state index contributed by atoms with van der Waals surface area (Å²) in [7, 11) is 2.70. The normalized spacial score (nSPS) is 9.86. The molecule has 0 aliphatic heterocycles. The third-order valence-corrected chi connectivity index (χ3v) is 3.70. The molecular formula is C20H20N2O7. The Morgan fingerprint density at radius 3 is 2.28 bits per heavy atom. The van der Waals surface area contributed by atoms with Crippen molar-refractivity contribution >= 4 is 29.4 Å². The first-order chi connectivity index (χ1) is 13.9. The molecule has 0 fully saturated rings. The van der Waals surface area contributed by atoms with E-state index in [0.29, 0.717) is 17.0 Å². The van der Waals surface area contributed by atoms with Gasteiger partial charge in [-0.3, -0.25) is 14.4 Å². The summed E-state index contributed by atoms with van der Waals surface area (Å²) >= 11 is 0. The van der Waals surface area contributed by atoms with Gasteiger partial charge in [0, 0.05) is 5.69 Å². The highest BCUT2D eigenvalue weighted by Gasteiger charge is 2.14. The van der Waals surface area contributed by atoms with Crippen molar-refractivity contribution in [3.8, 4) is 5.75 Å². The molecule has 2 aromatic carbocycles. The van der Waals surface area contributed by atoms with Crippen LogP contribution < -0.4 is 15.4 Å². The van der Waals surface area contributed by atoms with E-state index in [0.717, 1.165) is 0 Å². The van der Waals surface area contributed by atoms with Crippen molar-refractivity contribution in [3.05, 3.63) is 59.7 Å². The molecule has 0 radical (unpaired) electrons. The lowest BCUT2D eigenvalue weighted by molar-refractivity contribution is -0.146. The van der Waals surface area contributed by atoms with E-state index < -0.39 is 36.9 Å². The molecule has 2 amide bonds. The number of ether oxygens (including phenoxy) is 3. The third-order valence-electron chi connectivity index (χ3n) is 3.70. The molecule has 0 unspecified atom stereocenters. The van der Waals surface area contributed by atoms with E-state index in [1.165, 1.54) is 38.5 Å². The highest BCUT2D eigenvalue weighted by atomic mass is 16.5. The Kier molecular flexibility index (Phi) is 7.72. The van der Waals surface area contributed by atoms with Gasteiger partial charge in [0.15, 0.2) is 6.61 Å². The molecule has 152 valence electrons. The van der Waals surface area contributed by atoms with Crippen LogP contribution in [-0.4, -0.2) is 51.1 Å². The zero-order chi connectivity index (χ0) is 21.2. The first kappa shape index (κ1) is 21.4. The first-order valence-corrected chi connectivity index (χ1v) is 8.49. The van der Waals surface area contributed by atoms with Crippen molar-refractivity contribution in [1.29, 1.82) is 0 Å². The monoisotopic (exact) mass is 400 g/mol. The van der Waals surface area contributed by atoms with Gasteiger partial charge >= 0.3 is 11.9 Å². The molecule has 29 heavy (non-hydrogen) atoms. The van der Waals surface area contributed by atoms with Crippen molar-refractivity contribution in [2.24, 2.45) is 0 Å². The van der Waals surface area contributed by atoms with E-state index in [2.05, 4.69) is 15.4 Å². The molecule has 2 rings (SSSR count). The molecule has 0 atom stereocenters. The number of hydrogen-bond acceptors (Lipinski definition) is 7. The van der Waals surface area contributed by atoms with E-state index in [-0.39, 0.29) is 5.56 Å². The number of rotatable bonds is 8. The SMILES string of the molecule is COC(=O)c1ccc(NC(=O)COC(=O)CNC(=O)c2ccccc2OC)cc1. The number of carbonyl (C=O) groups excluding carboxylic acids is 4. The van der Waals surface area contributed by atoms with Gasteiger partial charge in [-0.1, -0.05) is 12.1 Å². The Labute approximate surface area is 166 Å². The summed E-state index contributed by atoms with van der Waals surface area (Å²) in [5, 5.41) is 4.92. The van der Waals surface area contributed by atoms with Gasteiger partial charge in [0.05, 0.1) is 25.3 Å². The number of benzene rings is 2. The van der Waals surface area contributed by atoms with Gasteiger partial charge in [-0.15, -0.1) is 0 Å². The molecule has 0 saturated carbocycles. The topological polar surface area (TPSA) is 120 Å². The zero-order valence-corrected chi connectivity index (χ0v) is 15.9. The van der Waals surface area contributed by atoms with Crippen molar-refractivity contribution < 1.29 is 33.4 Å². The molecular weight excluding hydrogens is 380 g/mol. The largest absolute Gasteiger partial charge is 0.496 e.